The zero-order chi connectivity index (χ0) is 9.52. The van der Waals surface area contributed by atoms with Gasteiger partial charge < -0.3 is 0 Å². The normalized spacial score (nSPS) is 9.38. The fourth-order valence-corrected chi connectivity index (χ4v) is 1.22. The van der Waals surface area contributed by atoms with Crippen molar-refractivity contribution in [2.45, 2.75) is 0 Å². The van der Waals surface area contributed by atoms with Crippen molar-refractivity contribution in [3.63, 3.8) is 0 Å². The Bertz CT molecular complexity index is 351. The third kappa shape index (κ3) is 4.23. The molecule has 0 bridgehead atoms. The minimum atomic E-state index is 0.258. The molecule has 1 aromatic rings. The molecule has 0 aliphatic carbocycles. The molecule has 0 aliphatic heterocycles. The summed E-state index contributed by atoms with van der Waals surface area (Å²) in [5.41, 5.74) is 0. The summed E-state index contributed by atoms with van der Waals surface area (Å²) >= 11 is 4.64. The standard InChI is InChI=1S/C8H9N2OPS/c9-10(7-12-13)6-11-8-4-2-1-3-5-8/h1-5H,6,9H2. The molecule has 13 heavy (non-hydrogen) atoms. The molecule has 0 spiro atoms. The van der Waals surface area contributed by atoms with E-state index >= 15 is 0 Å². The van der Waals surface area contributed by atoms with E-state index in [2.05, 4.69) is 17.6 Å². The Kier molecular flexibility index (Phi) is 4.76. The summed E-state index contributed by atoms with van der Waals surface area (Å²) in [6.45, 7) is 0.837. The van der Waals surface area contributed by atoms with Crippen LogP contribution in [0.5, 0.6) is 5.75 Å². The van der Waals surface area contributed by atoms with Crippen LogP contribution in [-0.4, -0.2) is 11.7 Å². The van der Waals surface area contributed by atoms with E-state index in [1.165, 1.54) is 5.01 Å². The van der Waals surface area contributed by atoms with Crippen molar-refractivity contribution < 1.29 is 4.74 Å². The number of para-hydroxylation sites is 1. The van der Waals surface area contributed by atoms with Gasteiger partial charge in [0.1, 0.15) is 0 Å². The van der Waals surface area contributed by atoms with Crippen molar-refractivity contribution in [1.82, 2.24) is 5.01 Å². The second-order valence-electron chi connectivity index (χ2n) is 2.25. The van der Waals surface area contributed by atoms with E-state index in [9.17, 15) is 0 Å². The summed E-state index contributed by atoms with van der Waals surface area (Å²) in [4.78, 5) is 0. The van der Waals surface area contributed by atoms with Crippen molar-refractivity contribution in [3.8, 4) is 11.5 Å². The van der Waals surface area contributed by atoms with Crippen molar-refractivity contribution in [2.24, 2.45) is 5.84 Å². The van der Waals surface area contributed by atoms with Crippen LogP contribution in [-0.2, 0) is 11.8 Å². The third-order valence-corrected chi connectivity index (χ3v) is 1.87. The molecule has 5 heteroatoms. The Morgan fingerprint density at radius 2 is 2.15 bits per heavy atom. The van der Waals surface area contributed by atoms with E-state index in [4.69, 9.17) is 10.6 Å². The number of rotatable bonds is 3. The molecule has 0 heterocycles. The molecule has 1 rings (SSSR count). The van der Waals surface area contributed by atoms with Gasteiger partial charge in [-0.2, -0.15) is 0 Å². The first-order valence-corrected chi connectivity index (χ1v) is 5.52. The van der Waals surface area contributed by atoms with Crippen LogP contribution in [0.15, 0.2) is 30.3 Å². The molecular weight excluding hydrogens is 203 g/mol. The Morgan fingerprint density at radius 3 is 2.77 bits per heavy atom. The van der Waals surface area contributed by atoms with E-state index in [-0.39, 0.29) is 6.73 Å². The number of ether oxygens (including phenoxy) is 1. The molecule has 68 valence electrons. The van der Waals surface area contributed by atoms with Gasteiger partial charge in [0.15, 0.2) is 0 Å². The Hall–Kier alpha value is -0.630. The monoisotopic (exact) mass is 212 g/mol. The van der Waals surface area contributed by atoms with Crippen LogP contribution >= 0.6 is 6.81 Å². The average molecular weight is 212 g/mol. The first-order valence-electron chi connectivity index (χ1n) is 3.61. The molecule has 0 unspecified atom stereocenters. The van der Waals surface area contributed by atoms with Gasteiger partial charge in [-0.15, -0.1) is 0 Å². The predicted molar refractivity (Wildman–Crippen MR) is 56.1 cm³/mol. The van der Waals surface area contributed by atoms with Crippen molar-refractivity contribution in [3.05, 3.63) is 30.3 Å². The van der Waals surface area contributed by atoms with Crippen LogP contribution in [0.1, 0.15) is 0 Å². The van der Waals surface area contributed by atoms with Gasteiger partial charge in [-0.3, -0.25) is 0 Å². The van der Waals surface area contributed by atoms with Gasteiger partial charge in [-0.25, -0.2) is 0 Å². The molecule has 3 nitrogen and oxygen atoms in total. The molecule has 0 radical (unpaired) electrons. The second-order valence-corrected chi connectivity index (χ2v) is 3.18. The number of hydrogen-bond donors (Lipinski definition) is 1. The summed E-state index contributed by atoms with van der Waals surface area (Å²) in [6, 6.07) is 9.44. The van der Waals surface area contributed by atoms with Crippen LogP contribution in [0.4, 0.5) is 0 Å². The molecule has 0 aromatic heterocycles. The van der Waals surface area contributed by atoms with Crippen LogP contribution in [0.25, 0.3) is 0 Å². The van der Waals surface area contributed by atoms with Crippen LogP contribution in [0.3, 0.4) is 0 Å². The van der Waals surface area contributed by atoms with Gasteiger partial charge in [0.05, 0.1) is 0 Å². The number of nitrogens with zero attached hydrogens (tertiary/aromatic N) is 1. The predicted octanol–water partition coefficient (Wildman–Crippen LogP) is 1.52. The topological polar surface area (TPSA) is 38.5 Å². The van der Waals surface area contributed by atoms with Crippen LogP contribution in [0.2, 0.25) is 0 Å². The second kappa shape index (κ2) is 5.92. The van der Waals surface area contributed by atoms with Crippen molar-refractivity contribution in [1.29, 1.82) is 0 Å². The molecule has 0 saturated carbocycles. The fourth-order valence-electron chi connectivity index (χ4n) is 0.742. The summed E-state index contributed by atoms with van der Waals surface area (Å²) in [5.74, 6) is 8.92. The molecule has 0 fully saturated rings. The number of hydrazine groups is 1. The number of nitrogens with two attached hydrogens (primary N) is 1. The Balaban J connectivity index is 2.42. The molecule has 0 saturated heterocycles. The number of benzene rings is 1. The van der Waals surface area contributed by atoms with E-state index < -0.39 is 0 Å². The zero-order valence-electron chi connectivity index (χ0n) is 6.88. The quantitative estimate of drug-likeness (QED) is 0.271. The van der Waals surface area contributed by atoms with Gasteiger partial charge in [0, 0.05) is 0 Å². The van der Waals surface area contributed by atoms with Gasteiger partial charge >= 0.3 is 82.8 Å². The minimum absolute atomic E-state index is 0.258. The van der Waals surface area contributed by atoms with Crippen molar-refractivity contribution >= 4 is 18.6 Å². The van der Waals surface area contributed by atoms with Gasteiger partial charge in [-0.05, 0) is 0 Å². The summed E-state index contributed by atoms with van der Waals surface area (Å²) in [5, 5.41) is 1.29. The number of hydrogen-bond acceptors (Lipinski definition) is 4. The molecular formula is C8H9N2OPS. The zero-order valence-corrected chi connectivity index (χ0v) is 8.59. The van der Waals surface area contributed by atoms with E-state index in [1.807, 2.05) is 30.3 Å². The molecule has 0 amide bonds. The van der Waals surface area contributed by atoms with Gasteiger partial charge in [-0.1, -0.05) is 0 Å². The van der Waals surface area contributed by atoms with E-state index in [0.717, 1.165) is 5.75 Å². The average Bonchev–Trinajstić information content (AvgIpc) is 2.17. The first kappa shape index (κ1) is 10.5. The maximum absolute atomic E-state index is 5.46. The molecule has 1 aromatic carbocycles. The SMILES string of the molecule is NN(C#P=S)COc1ccccc1. The molecule has 0 aliphatic rings. The molecule has 2 N–H and O–H groups in total. The van der Waals surface area contributed by atoms with E-state index in [0.29, 0.717) is 6.81 Å². The van der Waals surface area contributed by atoms with Crippen LogP contribution < -0.4 is 10.6 Å². The van der Waals surface area contributed by atoms with E-state index in [1.54, 1.807) is 0 Å². The Labute approximate surface area is 83.2 Å². The van der Waals surface area contributed by atoms with Crippen LogP contribution in [0, 0.1) is 5.75 Å². The third-order valence-electron chi connectivity index (χ3n) is 1.28. The summed E-state index contributed by atoms with van der Waals surface area (Å²) in [6.07, 6.45) is 0. The maximum atomic E-state index is 5.46. The molecule has 0 atom stereocenters. The summed E-state index contributed by atoms with van der Waals surface area (Å²) in [7, 11) is 0. The van der Waals surface area contributed by atoms with Gasteiger partial charge in [0.25, 0.3) is 0 Å². The fraction of sp³-hybridized carbons (Fsp3) is 0.125. The summed E-state index contributed by atoms with van der Waals surface area (Å²) < 4.78 is 5.31. The first-order chi connectivity index (χ1) is 6.33. The van der Waals surface area contributed by atoms with Gasteiger partial charge in [0.2, 0.25) is 0 Å². The van der Waals surface area contributed by atoms with Crippen molar-refractivity contribution in [2.75, 3.05) is 6.73 Å². The Morgan fingerprint density at radius 1 is 1.46 bits per heavy atom.